The first kappa shape index (κ1) is 22.4. The zero-order chi connectivity index (χ0) is 22.9. The zero-order valence-corrected chi connectivity index (χ0v) is 19.6. The highest BCUT2D eigenvalue weighted by Crippen LogP contribution is 2.35. The van der Waals surface area contributed by atoms with Gasteiger partial charge in [0.1, 0.15) is 0 Å². The van der Waals surface area contributed by atoms with Gasteiger partial charge in [0, 0.05) is 19.0 Å². The van der Waals surface area contributed by atoms with Gasteiger partial charge >= 0.3 is 0 Å². The lowest BCUT2D eigenvalue weighted by atomic mass is 10.1. The van der Waals surface area contributed by atoms with Crippen molar-refractivity contribution in [3.05, 3.63) is 95.1 Å². The highest BCUT2D eigenvalue weighted by Gasteiger charge is 2.39. The number of rotatable bonds is 5. The van der Waals surface area contributed by atoms with Gasteiger partial charge in [-0.2, -0.15) is 0 Å². The summed E-state index contributed by atoms with van der Waals surface area (Å²) in [5.41, 5.74) is 3.53. The van der Waals surface area contributed by atoms with Crippen molar-refractivity contribution in [3.8, 4) is 0 Å². The molecule has 0 saturated heterocycles. The number of amides is 1. The third-order valence-electron chi connectivity index (χ3n) is 5.64. The Morgan fingerprint density at radius 2 is 1.59 bits per heavy atom. The molecule has 1 aliphatic rings. The lowest BCUT2D eigenvalue weighted by Gasteiger charge is -2.32. The maximum absolute atomic E-state index is 13.8. The molecule has 0 radical (unpaired) electrons. The van der Waals surface area contributed by atoms with E-state index in [-0.39, 0.29) is 23.2 Å². The number of aryl methyl sites for hydroxylation is 2. The van der Waals surface area contributed by atoms with E-state index in [0.717, 1.165) is 16.7 Å². The van der Waals surface area contributed by atoms with Crippen LogP contribution in [0.15, 0.2) is 77.7 Å². The molecular weight excluding hydrogens is 444 g/mol. The third-order valence-corrected chi connectivity index (χ3v) is 7.88. The van der Waals surface area contributed by atoms with Gasteiger partial charge in [0.25, 0.3) is 15.9 Å². The van der Waals surface area contributed by atoms with Crippen LogP contribution in [0.5, 0.6) is 0 Å². The van der Waals surface area contributed by atoms with E-state index in [1.165, 1.54) is 4.31 Å². The van der Waals surface area contributed by atoms with Crippen molar-refractivity contribution in [3.63, 3.8) is 0 Å². The van der Waals surface area contributed by atoms with E-state index >= 15 is 0 Å². The fourth-order valence-electron chi connectivity index (χ4n) is 3.98. The second-order valence-corrected chi connectivity index (χ2v) is 10.2. The number of halogens is 1. The normalized spacial score (nSPS) is 16.6. The molecule has 1 unspecified atom stereocenters. The summed E-state index contributed by atoms with van der Waals surface area (Å²) >= 11 is 6.34. The maximum Gasteiger partial charge on any atom is 0.264 e. The van der Waals surface area contributed by atoms with Crippen molar-refractivity contribution in [1.29, 1.82) is 0 Å². The molecule has 0 fully saturated rings. The SMILES string of the molecule is Cc1ccc(S(=O)(=O)N2c3cc(C)ccc3C(=O)N(Cc3ccccc3)CC2CCl)cc1. The van der Waals surface area contributed by atoms with Gasteiger partial charge < -0.3 is 4.90 Å². The van der Waals surface area contributed by atoms with E-state index in [2.05, 4.69) is 0 Å². The number of benzene rings is 3. The largest absolute Gasteiger partial charge is 0.332 e. The van der Waals surface area contributed by atoms with Crippen molar-refractivity contribution in [2.24, 2.45) is 0 Å². The number of hydrogen-bond acceptors (Lipinski definition) is 3. The fourth-order valence-corrected chi connectivity index (χ4v) is 5.95. The lowest BCUT2D eigenvalue weighted by molar-refractivity contribution is 0.0744. The molecule has 1 atom stereocenters. The number of sulfonamides is 1. The van der Waals surface area contributed by atoms with Crippen molar-refractivity contribution in [2.45, 2.75) is 31.3 Å². The molecule has 0 aliphatic carbocycles. The molecule has 1 aliphatic heterocycles. The second kappa shape index (κ2) is 8.96. The highest BCUT2D eigenvalue weighted by atomic mass is 35.5. The Bertz CT molecular complexity index is 1230. The molecule has 3 aromatic rings. The molecule has 166 valence electrons. The molecule has 0 bridgehead atoms. The van der Waals surface area contributed by atoms with E-state index < -0.39 is 16.1 Å². The van der Waals surface area contributed by atoms with Crippen LogP contribution in [0.2, 0.25) is 0 Å². The number of fused-ring (bicyclic) bond motifs is 1. The number of carbonyl (C=O) groups is 1. The van der Waals surface area contributed by atoms with Crippen molar-refractivity contribution in [2.75, 3.05) is 16.7 Å². The molecule has 0 aromatic heterocycles. The van der Waals surface area contributed by atoms with Crippen LogP contribution in [-0.4, -0.2) is 37.7 Å². The number of nitrogens with zero attached hydrogens (tertiary/aromatic N) is 2. The first-order valence-electron chi connectivity index (χ1n) is 10.4. The summed E-state index contributed by atoms with van der Waals surface area (Å²) in [7, 11) is -3.94. The first-order chi connectivity index (χ1) is 15.3. The highest BCUT2D eigenvalue weighted by molar-refractivity contribution is 7.92. The zero-order valence-electron chi connectivity index (χ0n) is 18.0. The molecule has 0 saturated carbocycles. The minimum atomic E-state index is -3.94. The number of anilines is 1. The third kappa shape index (κ3) is 4.25. The molecule has 0 N–H and O–H groups in total. The van der Waals surface area contributed by atoms with Crippen LogP contribution >= 0.6 is 11.6 Å². The topological polar surface area (TPSA) is 57.7 Å². The van der Waals surface area contributed by atoms with Crippen LogP contribution in [0.25, 0.3) is 0 Å². The standard InChI is InChI=1S/C25H25ClN2O3S/c1-18-8-11-22(12-9-18)32(30,31)28-21(15-26)17-27(16-20-6-4-3-5-7-20)25(29)23-13-10-19(2)14-24(23)28/h3-14,21H,15-17H2,1-2H3. The first-order valence-corrected chi connectivity index (χ1v) is 12.4. The van der Waals surface area contributed by atoms with E-state index in [9.17, 15) is 13.2 Å². The van der Waals surface area contributed by atoms with Crippen LogP contribution in [0.3, 0.4) is 0 Å². The van der Waals surface area contributed by atoms with Gasteiger partial charge in [0.05, 0.1) is 22.2 Å². The van der Waals surface area contributed by atoms with Crippen molar-refractivity contribution in [1.82, 2.24) is 4.90 Å². The summed E-state index contributed by atoms with van der Waals surface area (Å²) in [6.45, 7) is 4.35. The molecule has 32 heavy (non-hydrogen) atoms. The predicted molar refractivity (Wildman–Crippen MR) is 128 cm³/mol. The summed E-state index contributed by atoms with van der Waals surface area (Å²) in [5, 5.41) is 0. The van der Waals surface area contributed by atoms with Gasteiger partial charge in [0.2, 0.25) is 0 Å². The summed E-state index contributed by atoms with van der Waals surface area (Å²) in [4.78, 5) is 15.4. The van der Waals surface area contributed by atoms with Crippen LogP contribution in [0, 0.1) is 13.8 Å². The molecule has 3 aromatic carbocycles. The fraction of sp³-hybridized carbons (Fsp3) is 0.240. The minimum Gasteiger partial charge on any atom is -0.332 e. The van der Waals surface area contributed by atoms with Crippen LogP contribution < -0.4 is 4.31 Å². The van der Waals surface area contributed by atoms with Crippen LogP contribution in [0.1, 0.15) is 27.0 Å². The number of carbonyl (C=O) groups excluding carboxylic acids is 1. The molecule has 0 spiro atoms. The van der Waals surface area contributed by atoms with E-state index in [4.69, 9.17) is 11.6 Å². The average molecular weight is 469 g/mol. The average Bonchev–Trinajstić information content (AvgIpc) is 2.89. The van der Waals surface area contributed by atoms with Crippen molar-refractivity contribution < 1.29 is 13.2 Å². The summed E-state index contributed by atoms with van der Waals surface area (Å²) < 4.78 is 29.0. The minimum absolute atomic E-state index is 0.0526. The Labute approximate surface area is 194 Å². The van der Waals surface area contributed by atoms with Crippen LogP contribution in [-0.2, 0) is 16.6 Å². The summed E-state index contributed by atoms with van der Waals surface area (Å²) in [5.74, 6) is -0.155. The van der Waals surface area contributed by atoms with Gasteiger partial charge in [0.15, 0.2) is 0 Å². The van der Waals surface area contributed by atoms with Crippen LogP contribution in [0.4, 0.5) is 5.69 Å². The molecule has 1 amide bonds. The van der Waals surface area contributed by atoms with Gasteiger partial charge in [-0.1, -0.05) is 54.1 Å². The van der Waals surface area contributed by atoms with Crippen molar-refractivity contribution >= 4 is 33.2 Å². The molecule has 5 nitrogen and oxygen atoms in total. The van der Waals surface area contributed by atoms with E-state index in [1.807, 2.05) is 50.2 Å². The monoisotopic (exact) mass is 468 g/mol. The molecule has 4 rings (SSSR count). The lowest BCUT2D eigenvalue weighted by Crippen LogP contribution is -2.47. The number of alkyl halides is 1. The Hall–Kier alpha value is -2.83. The summed E-state index contributed by atoms with van der Waals surface area (Å²) in [6, 6.07) is 21.1. The van der Waals surface area contributed by atoms with E-state index in [0.29, 0.717) is 17.8 Å². The van der Waals surface area contributed by atoms with Gasteiger partial charge in [-0.3, -0.25) is 9.10 Å². The molecule has 1 heterocycles. The maximum atomic E-state index is 13.8. The number of hydrogen-bond donors (Lipinski definition) is 0. The molecule has 7 heteroatoms. The predicted octanol–water partition coefficient (Wildman–Crippen LogP) is 4.76. The Morgan fingerprint density at radius 3 is 2.25 bits per heavy atom. The molecular formula is C25H25ClN2O3S. The Balaban J connectivity index is 1.85. The van der Waals surface area contributed by atoms with Gasteiger partial charge in [-0.15, -0.1) is 11.6 Å². The quantitative estimate of drug-likeness (QED) is 0.507. The van der Waals surface area contributed by atoms with Gasteiger partial charge in [-0.05, 0) is 49.2 Å². The van der Waals surface area contributed by atoms with E-state index in [1.54, 1.807) is 41.3 Å². The second-order valence-electron chi connectivity index (χ2n) is 8.11. The summed E-state index contributed by atoms with van der Waals surface area (Å²) in [6.07, 6.45) is 0. The Morgan fingerprint density at radius 1 is 0.938 bits per heavy atom. The Kier molecular flexibility index (Phi) is 6.26. The van der Waals surface area contributed by atoms with Gasteiger partial charge in [-0.25, -0.2) is 8.42 Å². The smallest absolute Gasteiger partial charge is 0.264 e.